The second kappa shape index (κ2) is 13.8. The average Bonchev–Trinajstić information content (AvgIpc) is 3.36. The summed E-state index contributed by atoms with van der Waals surface area (Å²) in [7, 11) is 1.60. The van der Waals surface area contributed by atoms with Crippen LogP contribution >= 0.6 is 23.4 Å². The van der Waals surface area contributed by atoms with Gasteiger partial charge in [0.2, 0.25) is 11.8 Å². The Morgan fingerprint density at radius 1 is 1.11 bits per heavy atom. The van der Waals surface area contributed by atoms with E-state index in [2.05, 4.69) is 5.32 Å². The maximum absolute atomic E-state index is 14.0. The van der Waals surface area contributed by atoms with Crippen LogP contribution in [0.25, 0.3) is 10.9 Å². The number of nitrogens with one attached hydrogen (secondary N) is 1. The first-order valence-electron chi connectivity index (χ1n) is 15.5. The lowest BCUT2D eigenvalue weighted by Crippen LogP contribution is -2.57. The second-order valence-corrected chi connectivity index (χ2v) is 14.8. The number of amides is 3. The fourth-order valence-electron chi connectivity index (χ4n) is 6.30. The van der Waals surface area contributed by atoms with Crippen LogP contribution in [0.3, 0.4) is 0 Å². The summed E-state index contributed by atoms with van der Waals surface area (Å²) in [6.45, 7) is 8.44. The number of hydrogen-bond donors (Lipinski definition) is 2. The summed E-state index contributed by atoms with van der Waals surface area (Å²) in [6.07, 6.45) is 1.85. The first-order valence-corrected chi connectivity index (χ1v) is 16.9. The van der Waals surface area contributed by atoms with Crippen LogP contribution in [0, 0.1) is 17.3 Å². The number of likely N-dealkylation sites (tertiary alicyclic amines) is 1. The first kappa shape index (κ1) is 33.4. The van der Waals surface area contributed by atoms with Gasteiger partial charge in [0, 0.05) is 25.0 Å². The average molecular weight is 663 g/mol. The number of carbonyl (C=O) groups excluding carboxylic acids is 3. The van der Waals surface area contributed by atoms with E-state index in [1.54, 1.807) is 13.2 Å². The smallest absolute Gasteiger partial charge is 0.408 e. The number of rotatable bonds is 12. The molecule has 2 aliphatic carbocycles. The molecule has 1 aromatic carbocycles. The van der Waals surface area contributed by atoms with Crippen molar-refractivity contribution < 1.29 is 33.3 Å². The third kappa shape index (κ3) is 7.72. The lowest BCUT2D eigenvalue weighted by atomic mass is 9.85. The molecule has 5 unspecified atom stereocenters. The van der Waals surface area contributed by atoms with Gasteiger partial charge in [-0.2, -0.15) is 0 Å². The van der Waals surface area contributed by atoms with Gasteiger partial charge in [0.1, 0.15) is 52.4 Å². The molecule has 0 spiro atoms. The number of methoxy groups -OCH3 is 1. The molecule has 1 saturated heterocycles. The molecule has 3 amide bonds. The Balaban J connectivity index is 1.35. The summed E-state index contributed by atoms with van der Waals surface area (Å²) >= 11 is 8.27. The Bertz CT molecular complexity index is 1430. The maximum atomic E-state index is 14.0. The number of benzene rings is 1. The number of ether oxygens (including phenoxy) is 4. The van der Waals surface area contributed by atoms with Gasteiger partial charge in [-0.25, -0.2) is 9.78 Å². The molecule has 45 heavy (non-hydrogen) atoms. The molecule has 3 fully saturated rings. The highest BCUT2D eigenvalue weighted by molar-refractivity contribution is 7.99. The van der Waals surface area contributed by atoms with Gasteiger partial charge >= 0.3 is 6.09 Å². The van der Waals surface area contributed by atoms with Gasteiger partial charge in [-0.15, -0.1) is 11.8 Å². The van der Waals surface area contributed by atoms with Gasteiger partial charge in [-0.1, -0.05) is 39.3 Å². The number of carbonyl (C=O) groups is 3. The highest BCUT2D eigenvalue weighted by Crippen LogP contribution is 2.52. The molecule has 5 rings (SSSR count). The molecule has 13 heteroatoms. The van der Waals surface area contributed by atoms with Crippen LogP contribution in [0.1, 0.15) is 53.4 Å². The predicted octanol–water partition coefficient (Wildman–Crippen LogP) is 4.80. The summed E-state index contributed by atoms with van der Waals surface area (Å²) in [5.41, 5.74) is 5.66. The molecule has 246 valence electrons. The van der Waals surface area contributed by atoms with Crippen LogP contribution in [0.15, 0.2) is 23.2 Å². The fourth-order valence-corrected chi connectivity index (χ4v) is 7.20. The van der Waals surface area contributed by atoms with Crippen molar-refractivity contribution in [2.45, 2.75) is 82.7 Å². The third-order valence-corrected chi connectivity index (χ3v) is 9.84. The van der Waals surface area contributed by atoms with Gasteiger partial charge < -0.3 is 34.9 Å². The molecule has 3 aliphatic rings. The maximum Gasteiger partial charge on any atom is 0.408 e. The topological polar surface area (TPSA) is 142 Å². The molecular formula is C32H43ClN4O7S. The van der Waals surface area contributed by atoms with E-state index in [9.17, 15) is 14.4 Å². The number of alkyl carbamates (subject to hydrolysis) is 1. The molecule has 2 aromatic rings. The van der Waals surface area contributed by atoms with E-state index in [-0.39, 0.29) is 19.1 Å². The quantitative estimate of drug-likeness (QED) is 0.242. The molecule has 1 aliphatic heterocycles. The number of nitrogens with two attached hydrogens (primary N) is 1. The minimum atomic E-state index is -0.939. The molecular weight excluding hydrogens is 620 g/mol. The SMILES string of the molecule is CCSc1cc(OC2CC(C(N)=O)N(C(=O)C(NC(=O)OC3CC4CC4C3)C(C)(C)C)C2)c2ccc(OCCOC)c(Cl)c2n1. The van der Waals surface area contributed by atoms with E-state index >= 15 is 0 Å². The summed E-state index contributed by atoms with van der Waals surface area (Å²) in [4.78, 5) is 45.7. The van der Waals surface area contributed by atoms with E-state index in [1.807, 2.05) is 39.8 Å². The zero-order valence-corrected chi connectivity index (χ0v) is 28.0. The zero-order chi connectivity index (χ0) is 32.5. The minimum Gasteiger partial charge on any atom is -0.490 e. The van der Waals surface area contributed by atoms with Gasteiger partial charge in [0.15, 0.2) is 0 Å². The Morgan fingerprint density at radius 2 is 1.84 bits per heavy atom. The summed E-state index contributed by atoms with van der Waals surface area (Å²) in [5.74, 6) is 2.04. The number of halogens is 1. The molecule has 5 atom stereocenters. The number of nitrogens with zero attached hydrogens (tertiary/aromatic N) is 2. The summed E-state index contributed by atoms with van der Waals surface area (Å²) in [5, 5.41) is 4.53. The molecule has 3 N–H and O–H groups in total. The van der Waals surface area contributed by atoms with Crippen LogP contribution in [-0.2, 0) is 19.1 Å². The molecule has 0 radical (unpaired) electrons. The van der Waals surface area contributed by atoms with E-state index < -0.39 is 41.5 Å². The lowest BCUT2D eigenvalue weighted by molar-refractivity contribution is -0.141. The Kier molecular flexibility index (Phi) is 10.2. The largest absolute Gasteiger partial charge is 0.490 e. The molecule has 2 heterocycles. The molecule has 0 bridgehead atoms. The van der Waals surface area contributed by atoms with E-state index in [4.69, 9.17) is 41.3 Å². The van der Waals surface area contributed by atoms with Crippen LogP contribution in [0.2, 0.25) is 5.02 Å². The van der Waals surface area contributed by atoms with E-state index in [0.29, 0.717) is 57.5 Å². The second-order valence-electron chi connectivity index (χ2n) is 13.1. The normalized spacial score (nSPS) is 24.7. The van der Waals surface area contributed by atoms with Crippen LogP contribution in [0.5, 0.6) is 11.5 Å². The number of aromatic nitrogens is 1. The predicted molar refractivity (Wildman–Crippen MR) is 172 cm³/mol. The number of pyridine rings is 1. The van der Waals surface area contributed by atoms with Crippen molar-refractivity contribution in [3.05, 3.63) is 23.2 Å². The highest BCUT2D eigenvalue weighted by atomic mass is 35.5. The van der Waals surface area contributed by atoms with Crippen molar-refractivity contribution in [2.24, 2.45) is 23.0 Å². The number of hydrogen-bond acceptors (Lipinski definition) is 9. The van der Waals surface area contributed by atoms with Crippen molar-refractivity contribution in [1.82, 2.24) is 15.2 Å². The van der Waals surface area contributed by atoms with Gasteiger partial charge in [0.05, 0.1) is 18.7 Å². The lowest BCUT2D eigenvalue weighted by Gasteiger charge is -2.35. The molecule has 1 aromatic heterocycles. The van der Waals surface area contributed by atoms with Crippen molar-refractivity contribution in [3.8, 4) is 11.5 Å². The standard InChI is InChI=1S/C32H43ClN4O7S/c1-6-45-25-15-24(21-7-8-23(42-10-9-41-5)26(33)27(21)35-25)43-20-14-22(29(34)38)37(16-20)30(39)28(32(2,3)4)36-31(40)44-19-12-17-11-18(17)13-19/h7-8,15,17-20,22,28H,6,9-14,16H2,1-5H3,(H2,34,38)(H,36,40). The first-order chi connectivity index (χ1) is 21.4. The number of fused-ring (bicyclic) bond motifs is 2. The van der Waals surface area contributed by atoms with Crippen LogP contribution in [-0.4, -0.2) is 84.7 Å². The fraction of sp³-hybridized carbons (Fsp3) is 0.625. The number of thioether (sulfide) groups is 1. The third-order valence-electron chi connectivity index (χ3n) is 8.68. The Hall–Kier alpha value is -2.96. The zero-order valence-electron chi connectivity index (χ0n) is 26.5. The monoisotopic (exact) mass is 662 g/mol. The van der Waals surface area contributed by atoms with Gasteiger partial charge in [0.25, 0.3) is 0 Å². The van der Waals surface area contributed by atoms with Crippen LogP contribution < -0.4 is 20.5 Å². The summed E-state index contributed by atoms with van der Waals surface area (Å²) in [6, 6.07) is 3.57. The number of primary amides is 1. The van der Waals surface area contributed by atoms with Crippen molar-refractivity contribution in [2.75, 3.05) is 32.6 Å². The molecule has 11 nitrogen and oxygen atoms in total. The Morgan fingerprint density at radius 3 is 2.49 bits per heavy atom. The van der Waals surface area contributed by atoms with Crippen molar-refractivity contribution in [3.63, 3.8) is 0 Å². The van der Waals surface area contributed by atoms with Crippen molar-refractivity contribution >= 4 is 52.2 Å². The molecule has 2 saturated carbocycles. The summed E-state index contributed by atoms with van der Waals surface area (Å²) < 4.78 is 23.0. The highest BCUT2D eigenvalue weighted by Gasteiger charge is 2.48. The van der Waals surface area contributed by atoms with Crippen LogP contribution in [0.4, 0.5) is 4.79 Å². The van der Waals surface area contributed by atoms with Gasteiger partial charge in [-0.3, -0.25) is 9.59 Å². The van der Waals surface area contributed by atoms with E-state index in [1.165, 1.54) is 23.1 Å². The minimum absolute atomic E-state index is 0.105. The van der Waals surface area contributed by atoms with Gasteiger partial charge in [-0.05, 0) is 54.4 Å². The van der Waals surface area contributed by atoms with E-state index in [0.717, 1.165) is 18.6 Å². The van der Waals surface area contributed by atoms with Crippen molar-refractivity contribution in [1.29, 1.82) is 0 Å². The Labute approximate surface area is 273 Å².